The molecule has 3 aromatic rings. The van der Waals surface area contributed by atoms with Gasteiger partial charge in [0.25, 0.3) is 5.56 Å². The summed E-state index contributed by atoms with van der Waals surface area (Å²) in [6.07, 6.45) is 0. The van der Waals surface area contributed by atoms with Crippen molar-refractivity contribution in [3.63, 3.8) is 0 Å². The topological polar surface area (TPSA) is 67.7 Å². The van der Waals surface area contributed by atoms with Crippen molar-refractivity contribution in [2.24, 2.45) is 0 Å². The summed E-state index contributed by atoms with van der Waals surface area (Å²) >= 11 is 0. The minimum absolute atomic E-state index is 0.105. The normalized spacial score (nSPS) is 14.3. The second kappa shape index (κ2) is 8.86. The Labute approximate surface area is 187 Å². The zero-order valence-electron chi connectivity index (χ0n) is 18.7. The van der Waals surface area contributed by atoms with Gasteiger partial charge in [-0.15, -0.1) is 0 Å². The van der Waals surface area contributed by atoms with Gasteiger partial charge in [-0.05, 0) is 44.2 Å². The second-order valence-electron chi connectivity index (χ2n) is 8.37. The van der Waals surface area contributed by atoms with Crippen LogP contribution in [0, 0.1) is 0 Å². The van der Waals surface area contributed by atoms with Crippen LogP contribution in [0.5, 0.6) is 5.75 Å². The third-order valence-corrected chi connectivity index (χ3v) is 5.93. The highest BCUT2D eigenvalue weighted by molar-refractivity contribution is 5.84. The van der Waals surface area contributed by atoms with Crippen LogP contribution in [0.2, 0.25) is 0 Å². The summed E-state index contributed by atoms with van der Waals surface area (Å²) in [5.74, 6) is 0.715. The maximum Gasteiger partial charge on any atom is 0.267 e. The van der Waals surface area contributed by atoms with Crippen LogP contribution in [0.25, 0.3) is 11.3 Å². The Morgan fingerprint density at radius 1 is 0.906 bits per heavy atom. The van der Waals surface area contributed by atoms with Gasteiger partial charge in [0.2, 0.25) is 5.91 Å². The van der Waals surface area contributed by atoms with E-state index in [9.17, 15) is 9.59 Å². The number of carbonyl (C=O) groups excluding carboxylic acids is 1. The van der Waals surface area contributed by atoms with Crippen LogP contribution >= 0.6 is 0 Å². The zero-order chi connectivity index (χ0) is 22.7. The maximum absolute atomic E-state index is 13.4. The molecule has 0 spiro atoms. The Balaban J connectivity index is 1.50. The van der Waals surface area contributed by atoms with E-state index in [-0.39, 0.29) is 11.5 Å². The summed E-state index contributed by atoms with van der Waals surface area (Å²) in [6, 6.07) is 20.7. The molecule has 1 amide bonds. The van der Waals surface area contributed by atoms with Gasteiger partial charge in [0.15, 0.2) is 0 Å². The molecule has 0 atom stereocenters. The number of carbonyl (C=O) groups is 1. The van der Waals surface area contributed by atoms with Gasteiger partial charge in [0.05, 0.1) is 12.8 Å². The van der Waals surface area contributed by atoms with Crippen LogP contribution in [-0.2, 0) is 10.3 Å². The van der Waals surface area contributed by atoms with E-state index in [1.807, 2.05) is 59.5 Å². The number of ether oxygens (including phenoxy) is 1. The SMILES string of the molecule is COc1ccc(N2CCN(C(=O)C(C)(C)n3nc(-c4ccccc4)ccc3=O)CC2)cc1. The van der Waals surface area contributed by atoms with E-state index in [0.29, 0.717) is 18.8 Å². The molecule has 0 radical (unpaired) electrons. The van der Waals surface area contributed by atoms with Gasteiger partial charge in [-0.25, -0.2) is 4.68 Å². The third kappa shape index (κ3) is 4.23. The van der Waals surface area contributed by atoms with Gasteiger partial charge < -0.3 is 14.5 Å². The van der Waals surface area contributed by atoms with E-state index in [1.165, 1.54) is 10.7 Å². The molecule has 7 nitrogen and oxygen atoms in total. The Hall–Kier alpha value is -3.61. The Bertz CT molecular complexity index is 1130. The molecule has 0 saturated carbocycles. The molecule has 2 heterocycles. The Kier molecular flexibility index (Phi) is 5.99. The largest absolute Gasteiger partial charge is 0.497 e. The van der Waals surface area contributed by atoms with Crippen molar-refractivity contribution < 1.29 is 9.53 Å². The highest BCUT2D eigenvalue weighted by Crippen LogP contribution is 2.23. The molecule has 1 aliphatic heterocycles. The predicted molar refractivity (Wildman–Crippen MR) is 125 cm³/mol. The summed E-state index contributed by atoms with van der Waals surface area (Å²) in [5, 5.41) is 4.54. The zero-order valence-corrected chi connectivity index (χ0v) is 18.7. The number of hydrogen-bond acceptors (Lipinski definition) is 5. The first kappa shape index (κ1) is 21.6. The molecule has 4 rings (SSSR count). The molecule has 0 unspecified atom stereocenters. The molecule has 7 heteroatoms. The van der Waals surface area contributed by atoms with E-state index in [4.69, 9.17) is 4.74 Å². The van der Waals surface area contributed by atoms with Crippen molar-refractivity contribution in [2.75, 3.05) is 38.2 Å². The van der Waals surface area contributed by atoms with E-state index >= 15 is 0 Å². The number of aromatic nitrogens is 2. The van der Waals surface area contributed by atoms with Crippen LogP contribution in [0.1, 0.15) is 13.8 Å². The molecular weight excluding hydrogens is 404 g/mol. The van der Waals surface area contributed by atoms with Gasteiger partial charge in [0, 0.05) is 43.5 Å². The molecule has 0 N–H and O–H groups in total. The monoisotopic (exact) mass is 432 g/mol. The second-order valence-corrected chi connectivity index (χ2v) is 8.37. The average molecular weight is 433 g/mol. The smallest absolute Gasteiger partial charge is 0.267 e. The van der Waals surface area contributed by atoms with Crippen molar-refractivity contribution in [2.45, 2.75) is 19.4 Å². The third-order valence-electron chi connectivity index (χ3n) is 5.93. The lowest BCUT2D eigenvalue weighted by Gasteiger charge is -2.39. The van der Waals surface area contributed by atoms with Gasteiger partial charge in [0.1, 0.15) is 11.3 Å². The van der Waals surface area contributed by atoms with Crippen molar-refractivity contribution in [3.8, 4) is 17.0 Å². The summed E-state index contributed by atoms with van der Waals surface area (Å²) in [7, 11) is 1.65. The molecule has 32 heavy (non-hydrogen) atoms. The van der Waals surface area contributed by atoms with Gasteiger partial charge in [-0.3, -0.25) is 9.59 Å². The Morgan fingerprint density at radius 3 is 2.19 bits per heavy atom. The lowest BCUT2D eigenvalue weighted by molar-refractivity contribution is -0.140. The number of benzene rings is 2. The minimum Gasteiger partial charge on any atom is -0.497 e. The standard InChI is InChI=1S/C25H28N4O3/c1-25(2,29-23(30)14-13-22(26-29)19-7-5-4-6-8-19)24(31)28-17-15-27(16-18-28)20-9-11-21(32-3)12-10-20/h4-14H,15-18H2,1-3H3. The highest BCUT2D eigenvalue weighted by atomic mass is 16.5. The predicted octanol–water partition coefficient (Wildman–Crippen LogP) is 3.00. The lowest BCUT2D eigenvalue weighted by Crippen LogP contribution is -2.56. The van der Waals surface area contributed by atoms with Crippen LogP contribution < -0.4 is 15.2 Å². The summed E-state index contributed by atoms with van der Waals surface area (Å²) in [5.41, 5.74) is 1.28. The summed E-state index contributed by atoms with van der Waals surface area (Å²) in [6.45, 7) is 6.13. The van der Waals surface area contributed by atoms with Crippen molar-refractivity contribution in [3.05, 3.63) is 77.1 Å². The fourth-order valence-electron chi connectivity index (χ4n) is 4.01. The summed E-state index contributed by atoms with van der Waals surface area (Å²) in [4.78, 5) is 30.1. The van der Waals surface area contributed by atoms with E-state index in [0.717, 1.165) is 30.1 Å². The molecule has 1 saturated heterocycles. The maximum atomic E-state index is 13.4. The Morgan fingerprint density at radius 2 is 1.56 bits per heavy atom. The highest BCUT2D eigenvalue weighted by Gasteiger charge is 2.37. The van der Waals surface area contributed by atoms with Crippen molar-refractivity contribution >= 4 is 11.6 Å². The summed E-state index contributed by atoms with van der Waals surface area (Å²) < 4.78 is 6.54. The number of anilines is 1. The number of rotatable bonds is 5. The number of nitrogens with zero attached hydrogens (tertiary/aromatic N) is 4. The van der Waals surface area contributed by atoms with E-state index in [1.54, 1.807) is 27.0 Å². The quantitative estimate of drug-likeness (QED) is 0.620. The van der Waals surface area contributed by atoms with Crippen LogP contribution in [0.3, 0.4) is 0 Å². The first-order valence-corrected chi connectivity index (χ1v) is 10.7. The molecule has 1 aliphatic rings. The fourth-order valence-corrected chi connectivity index (χ4v) is 4.01. The minimum atomic E-state index is -1.09. The number of amides is 1. The number of piperazine rings is 1. The molecule has 0 aliphatic carbocycles. The van der Waals surface area contributed by atoms with Crippen LogP contribution in [0.4, 0.5) is 5.69 Å². The first-order valence-electron chi connectivity index (χ1n) is 10.7. The molecule has 1 aromatic heterocycles. The van der Waals surface area contributed by atoms with Crippen molar-refractivity contribution in [1.29, 1.82) is 0 Å². The molecule has 0 bridgehead atoms. The van der Waals surface area contributed by atoms with Crippen molar-refractivity contribution in [1.82, 2.24) is 14.7 Å². The van der Waals surface area contributed by atoms with E-state index < -0.39 is 5.54 Å². The number of methoxy groups -OCH3 is 1. The molecule has 2 aromatic carbocycles. The van der Waals surface area contributed by atoms with Gasteiger partial charge in [-0.1, -0.05) is 30.3 Å². The van der Waals surface area contributed by atoms with Gasteiger partial charge >= 0.3 is 0 Å². The molecular formula is C25H28N4O3. The van der Waals surface area contributed by atoms with Gasteiger partial charge in [-0.2, -0.15) is 5.10 Å². The average Bonchev–Trinajstić information content (AvgIpc) is 2.84. The van der Waals surface area contributed by atoms with Crippen LogP contribution in [0.15, 0.2) is 71.5 Å². The lowest BCUT2D eigenvalue weighted by atomic mass is 10.0. The van der Waals surface area contributed by atoms with E-state index in [2.05, 4.69) is 10.00 Å². The molecule has 1 fully saturated rings. The molecule has 166 valence electrons. The first-order chi connectivity index (χ1) is 15.4. The number of hydrogen-bond donors (Lipinski definition) is 0. The van der Waals surface area contributed by atoms with Crippen LogP contribution in [-0.4, -0.2) is 53.9 Å². The fraction of sp³-hybridized carbons (Fsp3) is 0.320.